The molecule has 11 nitrogen and oxygen atoms in total. The Morgan fingerprint density at radius 1 is 0.931 bits per heavy atom. The number of hydrazine groups is 1. The van der Waals surface area contributed by atoms with E-state index in [9.17, 15) is 29.4 Å². The van der Waals surface area contributed by atoms with E-state index in [0.717, 1.165) is 19.5 Å². The van der Waals surface area contributed by atoms with Crippen molar-refractivity contribution in [1.82, 2.24) is 14.8 Å². The summed E-state index contributed by atoms with van der Waals surface area (Å²) in [6, 6.07) is 5.15. The largest absolute Gasteiger partial charge is 0.503 e. The van der Waals surface area contributed by atoms with Crippen molar-refractivity contribution in [3.8, 4) is 11.5 Å². The van der Waals surface area contributed by atoms with Crippen molar-refractivity contribution in [2.45, 2.75) is 27.7 Å². The maximum absolute atomic E-state index is 12.0. The summed E-state index contributed by atoms with van der Waals surface area (Å²) in [4.78, 5) is 47.7. The van der Waals surface area contributed by atoms with E-state index >= 15 is 0 Å². The Labute approximate surface area is 166 Å². The van der Waals surface area contributed by atoms with Crippen LogP contribution in [0, 0.1) is 0 Å². The Kier molecular flexibility index (Phi) is 8.62. The number of nitrogens with one attached hydrogen (secondary N) is 1. The molecule has 0 atom stereocenters. The fourth-order valence-electron chi connectivity index (χ4n) is 2.31. The van der Waals surface area contributed by atoms with Crippen molar-refractivity contribution in [2.75, 3.05) is 23.2 Å². The summed E-state index contributed by atoms with van der Waals surface area (Å²) < 4.78 is 1.81. The van der Waals surface area contributed by atoms with Crippen molar-refractivity contribution in [3.05, 3.63) is 57.4 Å². The van der Waals surface area contributed by atoms with Crippen LogP contribution in [0.1, 0.15) is 27.7 Å². The molecule has 0 unspecified atom stereocenters. The summed E-state index contributed by atoms with van der Waals surface area (Å²) in [5.41, 5.74) is 1.07. The lowest BCUT2D eigenvalue weighted by molar-refractivity contribution is -0.119. The predicted molar refractivity (Wildman–Crippen MR) is 107 cm³/mol. The Hall–Kier alpha value is -3.60. The van der Waals surface area contributed by atoms with Crippen molar-refractivity contribution in [2.24, 2.45) is 0 Å². The number of aromatic nitrogens is 2. The molecule has 0 aliphatic rings. The first-order chi connectivity index (χ1) is 13.7. The van der Waals surface area contributed by atoms with E-state index in [-0.39, 0.29) is 13.1 Å². The van der Waals surface area contributed by atoms with Crippen molar-refractivity contribution >= 4 is 11.8 Å². The lowest BCUT2D eigenvalue weighted by Crippen LogP contribution is -2.56. The monoisotopic (exact) mass is 407 g/mol. The van der Waals surface area contributed by atoms with Crippen LogP contribution in [0.4, 0.5) is 0 Å². The molecule has 0 radical (unpaired) electrons. The first-order valence-electron chi connectivity index (χ1n) is 8.88. The van der Waals surface area contributed by atoms with Crippen LogP contribution in [0.3, 0.4) is 0 Å². The van der Waals surface area contributed by atoms with Crippen molar-refractivity contribution in [3.63, 3.8) is 0 Å². The maximum atomic E-state index is 12.0. The minimum absolute atomic E-state index is 0.0245. The van der Waals surface area contributed by atoms with Gasteiger partial charge in [-0.25, -0.2) is 19.8 Å². The van der Waals surface area contributed by atoms with Crippen LogP contribution in [0.5, 0.6) is 11.5 Å². The van der Waals surface area contributed by atoms with Gasteiger partial charge in [0.1, 0.15) is 0 Å². The zero-order chi connectivity index (χ0) is 22.1. The standard InChI is InChI=1S/C16H19N5O6.C2H6/c1-11(22)18(19-8-3-5-13(24)15(19)26)10-7-17-21(12(2)23)20-9-4-6-14(25)16(20)27;1-2/h3-6,8-9,17,24-25H,7,10H2,1-2H3;1-2H3. The fourth-order valence-corrected chi connectivity index (χ4v) is 2.31. The third-order valence-corrected chi connectivity index (χ3v) is 3.54. The first-order valence-corrected chi connectivity index (χ1v) is 8.88. The third-order valence-electron chi connectivity index (χ3n) is 3.54. The molecule has 0 aromatic carbocycles. The topological polar surface area (TPSA) is 137 Å². The molecule has 11 heteroatoms. The van der Waals surface area contributed by atoms with Crippen LogP contribution in [-0.2, 0) is 9.59 Å². The number of aromatic hydroxyl groups is 2. The van der Waals surface area contributed by atoms with Gasteiger partial charge in [-0.15, -0.1) is 0 Å². The van der Waals surface area contributed by atoms with E-state index in [0.29, 0.717) is 0 Å². The van der Waals surface area contributed by atoms with E-state index in [4.69, 9.17) is 0 Å². The van der Waals surface area contributed by atoms with Gasteiger partial charge in [0.2, 0.25) is 5.91 Å². The molecule has 2 heterocycles. The van der Waals surface area contributed by atoms with Crippen LogP contribution in [0.25, 0.3) is 0 Å². The molecule has 2 aromatic rings. The molecule has 0 fully saturated rings. The second kappa shape index (κ2) is 10.7. The zero-order valence-corrected chi connectivity index (χ0v) is 16.7. The number of hydrogen-bond acceptors (Lipinski definition) is 7. The minimum Gasteiger partial charge on any atom is -0.503 e. The maximum Gasteiger partial charge on any atom is 0.312 e. The van der Waals surface area contributed by atoms with Gasteiger partial charge in [0.15, 0.2) is 11.5 Å². The van der Waals surface area contributed by atoms with E-state index < -0.39 is 34.4 Å². The van der Waals surface area contributed by atoms with Gasteiger partial charge in [0.05, 0.1) is 6.54 Å². The molecule has 0 aliphatic heterocycles. The van der Waals surface area contributed by atoms with Gasteiger partial charge in [-0.05, 0) is 24.3 Å². The summed E-state index contributed by atoms with van der Waals surface area (Å²) in [6.45, 7) is 6.35. The number of pyridine rings is 2. The summed E-state index contributed by atoms with van der Waals surface area (Å²) >= 11 is 0. The molecule has 2 amide bonds. The second-order valence-electron chi connectivity index (χ2n) is 5.47. The molecule has 2 rings (SSSR count). The Morgan fingerprint density at radius 2 is 1.41 bits per heavy atom. The molecular formula is C18H25N5O6. The molecular weight excluding hydrogens is 382 g/mol. The molecule has 29 heavy (non-hydrogen) atoms. The molecule has 158 valence electrons. The quantitative estimate of drug-likeness (QED) is 0.555. The highest BCUT2D eigenvalue weighted by Gasteiger charge is 2.17. The summed E-state index contributed by atoms with van der Waals surface area (Å²) in [5, 5.41) is 21.0. The Morgan fingerprint density at radius 3 is 1.90 bits per heavy atom. The number of carbonyl (C=O) groups is 2. The van der Waals surface area contributed by atoms with Gasteiger partial charge < -0.3 is 10.2 Å². The van der Waals surface area contributed by atoms with E-state index in [1.54, 1.807) is 0 Å². The van der Waals surface area contributed by atoms with Crippen molar-refractivity contribution in [1.29, 1.82) is 0 Å². The highest BCUT2D eigenvalue weighted by molar-refractivity contribution is 5.84. The van der Waals surface area contributed by atoms with Gasteiger partial charge in [-0.2, -0.15) is 5.12 Å². The van der Waals surface area contributed by atoms with Crippen LogP contribution < -0.4 is 26.7 Å². The van der Waals surface area contributed by atoms with E-state index in [2.05, 4.69) is 5.43 Å². The van der Waals surface area contributed by atoms with Crippen LogP contribution >= 0.6 is 0 Å². The van der Waals surface area contributed by atoms with Crippen molar-refractivity contribution < 1.29 is 19.8 Å². The molecule has 3 N–H and O–H groups in total. The van der Waals surface area contributed by atoms with Gasteiger partial charge in [-0.1, -0.05) is 13.8 Å². The van der Waals surface area contributed by atoms with Gasteiger partial charge in [-0.3, -0.25) is 19.2 Å². The third kappa shape index (κ3) is 5.69. The molecule has 0 aliphatic carbocycles. The minimum atomic E-state index is -0.812. The number of amides is 2. The first kappa shape index (κ1) is 23.4. The smallest absolute Gasteiger partial charge is 0.312 e. The second-order valence-corrected chi connectivity index (χ2v) is 5.47. The zero-order valence-electron chi connectivity index (χ0n) is 16.7. The molecule has 0 saturated heterocycles. The SMILES string of the molecule is CC.CC(=O)N(CCNN(C(C)=O)n1cccc(O)c1=O)n1cccc(O)c1=O. The molecule has 0 spiro atoms. The number of rotatable bonds is 6. The summed E-state index contributed by atoms with van der Waals surface area (Å²) in [5.74, 6) is -2.09. The summed E-state index contributed by atoms with van der Waals surface area (Å²) in [6.07, 6.45) is 2.59. The fraction of sp³-hybridized carbons (Fsp3) is 0.333. The number of nitrogens with zero attached hydrogens (tertiary/aromatic N) is 4. The highest BCUT2D eigenvalue weighted by atomic mass is 16.3. The average Bonchev–Trinajstić information content (AvgIpc) is 2.68. The lowest BCUT2D eigenvalue weighted by atomic mass is 10.4. The normalized spacial score (nSPS) is 9.93. The van der Waals surface area contributed by atoms with Gasteiger partial charge in [0, 0.05) is 32.8 Å². The highest BCUT2D eigenvalue weighted by Crippen LogP contribution is 2.00. The average molecular weight is 407 g/mol. The lowest BCUT2D eigenvalue weighted by Gasteiger charge is -2.27. The van der Waals surface area contributed by atoms with E-state index in [1.807, 2.05) is 13.8 Å². The van der Waals surface area contributed by atoms with Crippen LogP contribution in [0.2, 0.25) is 0 Å². The number of carbonyl (C=O) groups excluding carboxylic acids is 2. The van der Waals surface area contributed by atoms with Gasteiger partial charge in [0.25, 0.3) is 5.91 Å². The van der Waals surface area contributed by atoms with Crippen LogP contribution in [0.15, 0.2) is 46.2 Å². The summed E-state index contributed by atoms with van der Waals surface area (Å²) in [7, 11) is 0. The Balaban J connectivity index is 0.00000204. The molecule has 0 saturated carbocycles. The van der Waals surface area contributed by atoms with Gasteiger partial charge >= 0.3 is 11.1 Å². The van der Waals surface area contributed by atoms with Crippen LogP contribution in [-0.4, -0.2) is 44.5 Å². The Bertz CT molecular complexity index is 890. The predicted octanol–water partition coefficient (Wildman–Crippen LogP) is -0.379. The molecule has 2 aromatic heterocycles. The molecule has 0 bridgehead atoms. The number of hydrogen-bond donors (Lipinski definition) is 3. The van der Waals surface area contributed by atoms with E-state index in [1.165, 1.54) is 50.5 Å².